The maximum atomic E-state index is 4.84. The fraction of sp³-hybridized carbons (Fsp3) is 0.438. The highest BCUT2D eigenvalue weighted by atomic mass is 15.3. The first kappa shape index (κ1) is 11.8. The van der Waals surface area contributed by atoms with Gasteiger partial charge in [-0.3, -0.25) is 4.98 Å². The molecule has 0 amide bonds. The molecule has 4 heteroatoms. The zero-order chi connectivity index (χ0) is 13.5. The molecule has 1 aliphatic carbocycles. The van der Waals surface area contributed by atoms with Gasteiger partial charge in [0, 0.05) is 41.8 Å². The third kappa shape index (κ3) is 1.87. The molecule has 0 atom stereocenters. The van der Waals surface area contributed by atoms with Crippen LogP contribution >= 0.6 is 0 Å². The standard InChI is InChI=1S/C16H18N4/c1-11-6-7-12(10-17-11)15-13-4-2-5-14(13)18-16(19-15)20-8-3-9-20/h6-7,10H,2-5,8-9H2,1H3. The van der Waals surface area contributed by atoms with E-state index in [-0.39, 0.29) is 0 Å². The molecule has 1 aliphatic heterocycles. The van der Waals surface area contributed by atoms with Crippen LogP contribution < -0.4 is 4.90 Å². The Bertz CT molecular complexity index is 644. The topological polar surface area (TPSA) is 41.9 Å². The highest BCUT2D eigenvalue weighted by Gasteiger charge is 2.24. The Morgan fingerprint density at radius 2 is 1.95 bits per heavy atom. The van der Waals surface area contributed by atoms with Crippen molar-refractivity contribution in [1.82, 2.24) is 15.0 Å². The molecule has 0 unspecified atom stereocenters. The van der Waals surface area contributed by atoms with Gasteiger partial charge in [0.1, 0.15) is 0 Å². The van der Waals surface area contributed by atoms with Gasteiger partial charge in [-0.2, -0.15) is 0 Å². The zero-order valence-electron chi connectivity index (χ0n) is 11.8. The zero-order valence-corrected chi connectivity index (χ0v) is 11.8. The minimum Gasteiger partial charge on any atom is -0.341 e. The number of nitrogens with zero attached hydrogens (tertiary/aromatic N) is 4. The summed E-state index contributed by atoms with van der Waals surface area (Å²) in [5.74, 6) is 0.910. The van der Waals surface area contributed by atoms with E-state index in [1.165, 1.54) is 24.1 Å². The van der Waals surface area contributed by atoms with Crippen LogP contribution in [0.3, 0.4) is 0 Å². The second kappa shape index (κ2) is 4.54. The predicted molar refractivity (Wildman–Crippen MR) is 78.9 cm³/mol. The lowest BCUT2D eigenvalue weighted by Gasteiger charge is -2.31. The molecule has 1 fully saturated rings. The lowest BCUT2D eigenvalue weighted by Crippen LogP contribution is -2.38. The van der Waals surface area contributed by atoms with Crippen molar-refractivity contribution in [2.24, 2.45) is 0 Å². The summed E-state index contributed by atoms with van der Waals surface area (Å²) in [5, 5.41) is 0. The van der Waals surface area contributed by atoms with Crippen LogP contribution in [0.4, 0.5) is 5.95 Å². The summed E-state index contributed by atoms with van der Waals surface area (Å²) < 4.78 is 0. The van der Waals surface area contributed by atoms with Gasteiger partial charge in [-0.05, 0) is 44.7 Å². The Kier molecular flexibility index (Phi) is 2.69. The maximum Gasteiger partial charge on any atom is 0.226 e. The molecule has 0 N–H and O–H groups in total. The van der Waals surface area contributed by atoms with Gasteiger partial charge in [0.25, 0.3) is 0 Å². The fourth-order valence-corrected chi connectivity index (χ4v) is 2.92. The maximum absolute atomic E-state index is 4.84. The van der Waals surface area contributed by atoms with Crippen molar-refractivity contribution in [1.29, 1.82) is 0 Å². The summed E-state index contributed by atoms with van der Waals surface area (Å²) >= 11 is 0. The smallest absolute Gasteiger partial charge is 0.226 e. The Hall–Kier alpha value is -1.97. The van der Waals surface area contributed by atoms with E-state index in [0.29, 0.717) is 0 Å². The van der Waals surface area contributed by atoms with E-state index < -0.39 is 0 Å². The first-order chi connectivity index (χ1) is 9.81. The molecule has 2 aliphatic rings. The molecule has 4 rings (SSSR count). The van der Waals surface area contributed by atoms with Gasteiger partial charge in [0.2, 0.25) is 5.95 Å². The van der Waals surface area contributed by atoms with E-state index >= 15 is 0 Å². The van der Waals surface area contributed by atoms with Crippen LogP contribution in [-0.4, -0.2) is 28.0 Å². The van der Waals surface area contributed by atoms with Crippen molar-refractivity contribution in [2.75, 3.05) is 18.0 Å². The average Bonchev–Trinajstić information content (AvgIpc) is 2.85. The van der Waals surface area contributed by atoms with Crippen molar-refractivity contribution < 1.29 is 0 Å². The molecular weight excluding hydrogens is 248 g/mol. The number of aromatic nitrogens is 3. The normalized spacial score (nSPS) is 16.9. The summed E-state index contributed by atoms with van der Waals surface area (Å²) in [6.45, 7) is 4.19. The lowest BCUT2D eigenvalue weighted by molar-refractivity contribution is 0.599. The van der Waals surface area contributed by atoms with E-state index in [4.69, 9.17) is 9.97 Å². The number of hydrogen-bond donors (Lipinski definition) is 0. The van der Waals surface area contributed by atoms with Gasteiger partial charge in [0.05, 0.1) is 5.69 Å². The third-order valence-corrected chi connectivity index (χ3v) is 4.25. The molecule has 3 heterocycles. The molecular formula is C16H18N4. The summed E-state index contributed by atoms with van der Waals surface area (Å²) in [4.78, 5) is 16.3. The van der Waals surface area contributed by atoms with E-state index in [2.05, 4.69) is 22.0 Å². The van der Waals surface area contributed by atoms with Crippen LogP contribution in [-0.2, 0) is 12.8 Å². The van der Waals surface area contributed by atoms with Crippen molar-refractivity contribution in [3.63, 3.8) is 0 Å². The number of pyridine rings is 1. The molecule has 4 nitrogen and oxygen atoms in total. The number of fused-ring (bicyclic) bond motifs is 1. The Balaban J connectivity index is 1.84. The Morgan fingerprint density at radius 3 is 2.65 bits per heavy atom. The number of rotatable bonds is 2. The molecule has 0 spiro atoms. The first-order valence-corrected chi connectivity index (χ1v) is 7.39. The fourth-order valence-electron chi connectivity index (χ4n) is 2.92. The lowest BCUT2D eigenvalue weighted by atomic mass is 10.1. The average molecular weight is 266 g/mol. The van der Waals surface area contributed by atoms with Crippen molar-refractivity contribution in [3.8, 4) is 11.3 Å². The predicted octanol–water partition coefficient (Wildman–Crippen LogP) is 2.55. The van der Waals surface area contributed by atoms with Crippen LogP contribution in [0.2, 0.25) is 0 Å². The first-order valence-electron chi connectivity index (χ1n) is 7.39. The summed E-state index contributed by atoms with van der Waals surface area (Å²) in [5.41, 5.74) is 5.85. The SMILES string of the molecule is Cc1ccc(-c2nc(N3CCC3)nc3c2CCC3)cn1. The van der Waals surface area contributed by atoms with E-state index in [1.807, 2.05) is 13.1 Å². The molecule has 20 heavy (non-hydrogen) atoms. The van der Waals surface area contributed by atoms with Gasteiger partial charge in [-0.25, -0.2) is 9.97 Å². The van der Waals surface area contributed by atoms with Gasteiger partial charge in [0.15, 0.2) is 0 Å². The monoisotopic (exact) mass is 266 g/mol. The van der Waals surface area contributed by atoms with E-state index in [1.54, 1.807) is 0 Å². The number of aryl methyl sites for hydroxylation is 2. The molecule has 0 aromatic carbocycles. The highest BCUT2D eigenvalue weighted by Crippen LogP contribution is 2.32. The van der Waals surface area contributed by atoms with E-state index in [9.17, 15) is 0 Å². The van der Waals surface area contributed by atoms with Gasteiger partial charge in [-0.1, -0.05) is 0 Å². The second-order valence-corrected chi connectivity index (χ2v) is 5.68. The number of hydrogen-bond acceptors (Lipinski definition) is 4. The molecule has 1 saturated heterocycles. The minimum absolute atomic E-state index is 0.910. The van der Waals surface area contributed by atoms with Crippen LogP contribution in [0.15, 0.2) is 18.3 Å². The molecule has 102 valence electrons. The molecule has 2 aromatic heterocycles. The quantitative estimate of drug-likeness (QED) is 0.837. The number of anilines is 1. The Labute approximate surface area is 118 Å². The minimum atomic E-state index is 0.910. The van der Waals surface area contributed by atoms with Gasteiger partial charge < -0.3 is 4.90 Å². The Morgan fingerprint density at radius 1 is 1.05 bits per heavy atom. The summed E-state index contributed by atoms with van der Waals surface area (Å²) in [6.07, 6.45) is 6.57. The van der Waals surface area contributed by atoms with Crippen LogP contribution in [0, 0.1) is 6.92 Å². The van der Waals surface area contributed by atoms with Crippen molar-refractivity contribution >= 4 is 5.95 Å². The van der Waals surface area contributed by atoms with Crippen molar-refractivity contribution in [2.45, 2.75) is 32.6 Å². The van der Waals surface area contributed by atoms with Crippen LogP contribution in [0.5, 0.6) is 0 Å². The van der Waals surface area contributed by atoms with Gasteiger partial charge >= 0.3 is 0 Å². The third-order valence-electron chi connectivity index (χ3n) is 4.25. The molecule has 0 saturated carbocycles. The largest absolute Gasteiger partial charge is 0.341 e. The second-order valence-electron chi connectivity index (χ2n) is 5.68. The summed E-state index contributed by atoms with van der Waals surface area (Å²) in [6, 6.07) is 4.19. The molecule has 0 radical (unpaired) electrons. The summed E-state index contributed by atoms with van der Waals surface area (Å²) in [7, 11) is 0. The molecule has 2 aromatic rings. The highest BCUT2D eigenvalue weighted by molar-refractivity contribution is 5.65. The van der Waals surface area contributed by atoms with Crippen LogP contribution in [0.1, 0.15) is 29.8 Å². The van der Waals surface area contributed by atoms with E-state index in [0.717, 1.165) is 48.8 Å². The van der Waals surface area contributed by atoms with Gasteiger partial charge in [-0.15, -0.1) is 0 Å². The molecule has 0 bridgehead atoms. The van der Waals surface area contributed by atoms with Crippen LogP contribution in [0.25, 0.3) is 11.3 Å². The van der Waals surface area contributed by atoms with Crippen molar-refractivity contribution in [3.05, 3.63) is 35.3 Å².